The molecule has 4 nitrogen and oxygen atoms in total. The number of nitrogens with two attached hydrogens (primary N) is 1. The van der Waals surface area contributed by atoms with Crippen LogP contribution in [0.1, 0.15) is 24.8 Å². The molecule has 0 aliphatic heterocycles. The fraction of sp³-hybridized carbons (Fsp3) is 0.455. The zero-order chi connectivity index (χ0) is 12.7. The molecular formula is C11H17NO3S2. The first-order chi connectivity index (χ1) is 7.97. The smallest absolute Gasteiger partial charge is 0.319 e. The summed E-state index contributed by atoms with van der Waals surface area (Å²) in [4.78, 5) is 0. The molecule has 3 N–H and O–H groups in total. The molecule has 1 aromatic rings. The van der Waals surface area contributed by atoms with Crippen molar-refractivity contribution in [3.63, 3.8) is 0 Å². The summed E-state index contributed by atoms with van der Waals surface area (Å²) < 4.78 is 29.3. The van der Waals surface area contributed by atoms with Gasteiger partial charge >= 0.3 is 9.15 Å². The maximum absolute atomic E-state index is 10.4. The number of hydrogen-bond donors (Lipinski definition) is 2. The number of aryl methyl sites for hydroxylation is 1. The van der Waals surface area contributed by atoms with Gasteiger partial charge in [0.25, 0.3) is 0 Å². The van der Waals surface area contributed by atoms with E-state index in [9.17, 15) is 8.42 Å². The van der Waals surface area contributed by atoms with Crippen LogP contribution in [-0.4, -0.2) is 18.7 Å². The van der Waals surface area contributed by atoms with Crippen molar-refractivity contribution < 1.29 is 13.0 Å². The first kappa shape index (κ1) is 14.3. The van der Waals surface area contributed by atoms with Crippen molar-refractivity contribution in [1.29, 1.82) is 0 Å². The standard InChI is InChI=1S/C11H17NO3S2/c12-11-7-5-10(6-8-11)4-2-1-3-9-16-17(13,14)15/h5-8H,1-4,9,12H2,(H,13,14,15). The van der Waals surface area contributed by atoms with Gasteiger partial charge in [-0.1, -0.05) is 18.6 Å². The number of anilines is 1. The van der Waals surface area contributed by atoms with Gasteiger partial charge in [0, 0.05) is 11.4 Å². The second-order valence-corrected chi connectivity index (χ2v) is 7.27. The predicted molar refractivity (Wildman–Crippen MR) is 72.4 cm³/mol. The Bertz CT molecular complexity index is 429. The van der Waals surface area contributed by atoms with Gasteiger partial charge in [0.15, 0.2) is 0 Å². The van der Waals surface area contributed by atoms with Crippen LogP contribution >= 0.6 is 10.8 Å². The third kappa shape index (κ3) is 7.25. The molecule has 0 saturated heterocycles. The minimum atomic E-state index is -3.87. The highest BCUT2D eigenvalue weighted by Crippen LogP contribution is 2.14. The van der Waals surface area contributed by atoms with Gasteiger partial charge in [-0.05, 0) is 47.8 Å². The minimum absolute atomic E-state index is 0.445. The van der Waals surface area contributed by atoms with E-state index in [0.717, 1.165) is 31.4 Å². The Morgan fingerprint density at radius 1 is 1.12 bits per heavy atom. The normalized spacial score (nSPS) is 11.6. The molecule has 0 atom stereocenters. The Labute approximate surface area is 106 Å². The van der Waals surface area contributed by atoms with Gasteiger partial charge in [0.05, 0.1) is 0 Å². The van der Waals surface area contributed by atoms with Crippen LogP contribution in [0, 0.1) is 0 Å². The van der Waals surface area contributed by atoms with Crippen molar-refractivity contribution in [2.45, 2.75) is 25.7 Å². The largest absolute Gasteiger partial charge is 0.399 e. The Balaban J connectivity index is 2.10. The van der Waals surface area contributed by atoms with Crippen LogP contribution < -0.4 is 5.73 Å². The average Bonchev–Trinajstić information content (AvgIpc) is 2.24. The van der Waals surface area contributed by atoms with Crippen LogP contribution in [-0.2, 0) is 15.6 Å². The zero-order valence-electron chi connectivity index (χ0n) is 9.50. The summed E-state index contributed by atoms with van der Waals surface area (Å²) in [7, 11) is -3.27. The summed E-state index contributed by atoms with van der Waals surface area (Å²) in [5, 5.41) is 0. The summed E-state index contributed by atoms with van der Waals surface area (Å²) >= 11 is 0. The minimum Gasteiger partial charge on any atom is -0.399 e. The first-order valence-corrected chi connectivity index (χ1v) is 8.38. The Morgan fingerprint density at radius 3 is 2.35 bits per heavy atom. The molecule has 0 aliphatic rings. The third-order valence-electron chi connectivity index (χ3n) is 2.32. The molecule has 0 aliphatic carbocycles. The number of rotatable bonds is 7. The molecule has 96 valence electrons. The molecular weight excluding hydrogens is 258 g/mol. The monoisotopic (exact) mass is 275 g/mol. The predicted octanol–water partition coefficient (Wildman–Crippen LogP) is 2.52. The highest BCUT2D eigenvalue weighted by molar-refractivity contribution is 8.69. The fourth-order valence-corrected chi connectivity index (χ4v) is 2.97. The van der Waals surface area contributed by atoms with Crippen molar-refractivity contribution in [2.24, 2.45) is 0 Å². The summed E-state index contributed by atoms with van der Waals surface area (Å²) in [5.74, 6) is 0.445. The van der Waals surface area contributed by atoms with Gasteiger partial charge in [0.1, 0.15) is 0 Å². The molecule has 6 heteroatoms. The molecule has 17 heavy (non-hydrogen) atoms. The van der Waals surface area contributed by atoms with E-state index in [1.165, 1.54) is 5.56 Å². The van der Waals surface area contributed by atoms with Gasteiger partial charge in [-0.15, -0.1) is 0 Å². The third-order valence-corrected chi connectivity index (χ3v) is 4.47. The number of benzene rings is 1. The molecule has 0 aromatic heterocycles. The van der Waals surface area contributed by atoms with Crippen molar-refractivity contribution >= 4 is 25.6 Å². The molecule has 1 rings (SSSR count). The Hall–Kier alpha value is -0.720. The lowest BCUT2D eigenvalue weighted by atomic mass is 10.1. The Morgan fingerprint density at radius 2 is 1.76 bits per heavy atom. The van der Waals surface area contributed by atoms with E-state index in [-0.39, 0.29) is 0 Å². The van der Waals surface area contributed by atoms with Crippen LogP contribution in [0.15, 0.2) is 24.3 Å². The van der Waals surface area contributed by atoms with Crippen LogP contribution in [0.3, 0.4) is 0 Å². The highest BCUT2D eigenvalue weighted by Gasteiger charge is 2.03. The second kappa shape index (κ2) is 6.88. The van der Waals surface area contributed by atoms with E-state index in [1.807, 2.05) is 24.3 Å². The van der Waals surface area contributed by atoms with Crippen LogP contribution in [0.4, 0.5) is 5.69 Å². The van der Waals surface area contributed by atoms with Crippen LogP contribution in [0.5, 0.6) is 0 Å². The van der Waals surface area contributed by atoms with Crippen LogP contribution in [0.2, 0.25) is 0 Å². The van der Waals surface area contributed by atoms with E-state index in [4.69, 9.17) is 10.3 Å². The molecule has 0 heterocycles. The summed E-state index contributed by atoms with van der Waals surface area (Å²) in [6, 6.07) is 7.76. The van der Waals surface area contributed by atoms with E-state index in [0.29, 0.717) is 16.5 Å². The lowest BCUT2D eigenvalue weighted by molar-refractivity contribution is 0.503. The van der Waals surface area contributed by atoms with E-state index in [1.54, 1.807) is 0 Å². The first-order valence-electron chi connectivity index (χ1n) is 5.43. The maximum atomic E-state index is 10.4. The van der Waals surface area contributed by atoms with Gasteiger partial charge in [0.2, 0.25) is 0 Å². The quantitative estimate of drug-likeness (QED) is 0.346. The average molecular weight is 275 g/mol. The maximum Gasteiger partial charge on any atom is 0.319 e. The molecule has 0 saturated carbocycles. The van der Waals surface area contributed by atoms with Crippen molar-refractivity contribution in [3.05, 3.63) is 29.8 Å². The summed E-state index contributed by atoms with van der Waals surface area (Å²) in [5.41, 5.74) is 7.58. The van der Waals surface area contributed by atoms with E-state index < -0.39 is 9.15 Å². The molecule has 0 spiro atoms. The van der Waals surface area contributed by atoms with Crippen molar-refractivity contribution in [1.82, 2.24) is 0 Å². The van der Waals surface area contributed by atoms with Crippen molar-refractivity contribution in [2.75, 3.05) is 11.5 Å². The van der Waals surface area contributed by atoms with E-state index >= 15 is 0 Å². The van der Waals surface area contributed by atoms with Gasteiger partial charge < -0.3 is 5.73 Å². The highest BCUT2D eigenvalue weighted by atomic mass is 33.1. The molecule has 0 bridgehead atoms. The molecule has 0 fully saturated rings. The number of nitrogen functional groups attached to an aromatic ring is 1. The SMILES string of the molecule is Nc1ccc(CCCCCSS(=O)(=O)O)cc1. The van der Waals surface area contributed by atoms with E-state index in [2.05, 4.69) is 0 Å². The van der Waals surface area contributed by atoms with Crippen LogP contribution in [0.25, 0.3) is 0 Å². The lowest BCUT2D eigenvalue weighted by Crippen LogP contribution is -1.93. The second-order valence-electron chi connectivity index (χ2n) is 3.80. The molecule has 0 unspecified atom stereocenters. The summed E-state index contributed by atoms with van der Waals surface area (Å²) in [6.07, 6.45) is 3.72. The fourth-order valence-electron chi connectivity index (χ4n) is 1.46. The van der Waals surface area contributed by atoms with Gasteiger partial charge in [-0.25, -0.2) is 0 Å². The lowest BCUT2D eigenvalue weighted by Gasteiger charge is -2.02. The van der Waals surface area contributed by atoms with Gasteiger partial charge in [-0.3, -0.25) is 4.55 Å². The Kier molecular flexibility index (Phi) is 5.80. The zero-order valence-corrected chi connectivity index (χ0v) is 11.1. The number of unbranched alkanes of at least 4 members (excludes halogenated alkanes) is 2. The molecule has 0 radical (unpaired) electrons. The topological polar surface area (TPSA) is 80.4 Å². The van der Waals surface area contributed by atoms with Crippen molar-refractivity contribution in [3.8, 4) is 0 Å². The number of hydrogen-bond acceptors (Lipinski definition) is 4. The molecule has 1 aromatic carbocycles. The van der Waals surface area contributed by atoms with Gasteiger partial charge in [-0.2, -0.15) is 8.42 Å². The summed E-state index contributed by atoms with van der Waals surface area (Å²) in [6.45, 7) is 0. The molecule has 0 amide bonds.